The van der Waals surface area contributed by atoms with Crippen LogP contribution < -0.4 is 10.5 Å². The number of sulfonamides is 1. The van der Waals surface area contributed by atoms with E-state index in [0.29, 0.717) is 6.42 Å². The van der Waals surface area contributed by atoms with Crippen LogP contribution in [0.15, 0.2) is 23.1 Å². The van der Waals surface area contributed by atoms with Gasteiger partial charge < -0.3 is 10.5 Å². The van der Waals surface area contributed by atoms with Crippen LogP contribution in [0, 0.1) is 10.1 Å². The third-order valence-corrected chi connectivity index (χ3v) is 5.06. The van der Waals surface area contributed by atoms with E-state index < -0.39 is 14.9 Å². The van der Waals surface area contributed by atoms with Gasteiger partial charge in [-0.25, -0.2) is 13.1 Å². The van der Waals surface area contributed by atoms with Gasteiger partial charge in [-0.1, -0.05) is 0 Å². The molecule has 0 spiro atoms. The first-order valence-electron chi connectivity index (χ1n) is 6.44. The minimum absolute atomic E-state index is 0.0904. The topological polar surface area (TPSA) is 125 Å². The second-order valence-corrected chi connectivity index (χ2v) is 6.62. The third-order valence-electron chi connectivity index (χ3n) is 3.57. The van der Waals surface area contributed by atoms with Gasteiger partial charge >= 0.3 is 0 Å². The molecule has 1 aliphatic rings. The van der Waals surface area contributed by atoms with Crippen LogP contribution in [0.5, 0.6) is 0 Å². The molecule has 8 nitrogen and oxygen atoms in total. The standard InChI is InChI=1S/C12H17N3O5S/c1-20-12-4-2-3-10(12)14-21(18,19)8-5-6-11(15(16)17)9(13)7-8/h5-7,10,12,14H,2-4,13H2,1H3. The molecule has 116 valence electrons. The number of hydrogen-bond acceptors (Lipinski definition) is 6. The molecular formula is C12H17N3O5S. The van der Waals surface area contributed by atoms with Gasteiger partial charge in [0, 0.05) is 19.2 Å². The molecule has 0 heterocycles. The average molecular weight is 315 g/mol. The van der Waals surface area contributed by atoms with Crippen molar-refractivity contribution in [3.8, 4) is 0 Å². The molecular weight excluding hydrogens is 298 g/mol. The first kappa shape index (κ1) is 15.7. The smallest absolute Gasteiger partial charge is 0.292 e. The zero-order chi connectivity index (χ0) is 15.6. The Balaban J connectivity index is 2.23. The Morgan fingerprint density at radius 1 is 1.43 bits per heavy atom. The summed E-state index contributed by atoms with van der Waals surface area (Å²) in [6.07, 6.45) is 2.22. The highest BCUT2D eigenvalue weighted by molar-refractivity contribution is 7.89. The predicted molar refractivity (Wildman–Crippen MR) is 76.3 cm³/mol. The largest absolute Gasteiger partial charge is 0.393 e. The van der Waals surface area contributed by atoms with Crippen LogP contribution >= 0.6 is 0 Å². The summed E-state index contributed by atoms with van der Waals surface area (Å²) >= 11 is 0. The van der Waals surface area contributed by atoms with Gasteiger partial charge in [0.2, 0.25) is 10.0 Å². The molecule has 2 rings (SSSR count). The Bertz CT molecular complexity index is 646. The number of hydrogen-bond donors (Lipinski definition) is 2. The number of ether oxygens (including phenoxy) is 1. The zero-order valence-corrected chi connectivity index (χ0v) is 12.3. The fourth-order valence-electron chi connectivity index (χ4n) is 2.48. The van der Waals surface area contributed by atoms with E-state index in [1.54, 1.807) is 7.11 Å². The van der Waals surface area contributed by atoms with E-state index in [0.717, 1.165) is 25.0 Å². The second kappa shape index (κ2) is 5.96. The minimum Gasteiger partial charge on any atom is -0.393 e. The van der Waals surface area contributed by atoms with E-state index >= 15 is 0 Å². The van der Waals surface area contributed by atoms with Crippen LogP contribution in [0.25, 0.3) is 0 Å². The molecule has 1 aromatic rings. The van der Waals surface area contributed by atoms with Crippen LogP contribution in [0.1, 0.15) is 19.3 Å². The lowest BCUT2D eigenvalue weighted by molar-refractivity contribution is -0.383. The monoisotopic (exact) mass is 315 g/mol. The normalized spacial score (nSPS) is 22.3. The van der Waals surface area contributed by atoms with Crippen LogP contribution in [-0.4, -0.2) is 32.6 Å². The lowest BCUT2D eigenvalue weighted by atomic mass is 10.2. The highest BCUT2D eigenvalue weighted by atomic mass is 32.2. The van der Waals surface area contributed by atoms with E-state index in [1.807, 2.05) is 0 Å². The van der Waals surface area contributed by atoms with Gasteiger partial charge in [0.25, 0.3) is 5.69 Å². The van der Waals surface area contributed by atoms with Gasteiger partial charge in [-0.15, -0.1) is 0 Å². The van der Waals surface area contributed by atoms with Crippen molar-refractivity contribution in [3.05, 3.63) is 28.3 Å². The van der Waals surface area contributed by atoms with Crippen molar-refractivity contribution in [1.82, 2.24) is 4.72 Å². The summed E-state index contributed by atoms with van der Waals surface area (Å²) in [4.78, 5) is 9.94. The molecule has 3 N–H and O–H groups in total. The number of benzene rings is 1. The number of anilines is 1. The molecule has 1 fully saturated rings. The Kier molecular flexibility index (Phi) is 4.45. The number of nitrogen functional groups attached to an aromatic ring is 1. The Morgan fingerprint density at radius 3 is 2.71 bits per heavy atom. The maximum atomic E-state index is 12.3. The van der Waals surface area contributed by atoms with E-state index in [1.165, 1.54) is 6.07 Å². The maximum Gasteiger partial charge on any atom is 0.292 e. The van der Waals surface area contributed by atoms with Crippen molar-refractivity contribution >= 4 is 21.4 Å². The summed E-state index contributed by atoms with van der Waals surface area (Å²) in [7, 11) is -2.24. The van der Waals surface area contributed by atoms with E-state index in [9.17, 15) is 18.5 Å². The predicted octanol–water partition coefficient (Wildman–Crippen LogP) is 1.02. The van der Waals surface area contributed by atoms with Crippen molar-refractivity contribution in [1.29, 1.82) is 0 Å². The summed E-state index contributed by atoms with van der Waals surface area (Å²) in [5.74, 6) is 0. The van der Waals surface area contributed by atoms with Gasteiger partial charge in [-0.3, -0.25) is 10.1 Å². The number of nitro benzene ring substituents is 1. The number of nitrogens with two attached hydrogens (primary N) is 1. The fourth-order valence-corrected chi connectivity index (χ4v) is 3.81. The van der Waals surface area contributed by atoms with Crippen LogP contribution in [-0.2, 0) is 14.8 Å². The van der Waals surface area contributed by atoms with Crippen molar-refractivity contribution in [2.75, 3.05) is 12.8 Å². The summed E-state index contributed by atoms with van der Waals surface area (Å²) in [6, 6.07) is 3.06. The van der Waals surface area contributed by atoms with Crippen LogP contribution in [0.2, 0.25) is 0 Å². The maximum absolute atomic E-state index is 12.3. The summed E-state index contributed by atoms with van der Waals surface area (Å²) in [5.41, 5.74) is 5.02. The fraction of sp³-hybridized carbons (Fsp3) is 0.500. The third kappa shape index (κ3) is 3.31. The first-order valence-corrected chi connectivity index (χ1v) is 7.92. The van der Waals surface area contributed by atoms with Gasteiger partial charge in [0.1, 0.15) is 5.69 Å². The molecule has 0 aliphatic heterocycles. The first-order chi connectivity index (χ1) is 9.85. The SMILES string of the molecule is COC1CCCC1NS(=O)(=O)c1ccc([N+](=O)[O-])c(N)c1. The molecule has 0 amide bonds. The Morgan fingerprint density at radius 2 is 2.14 bits per heavy atom. The molecule has 2 unspecified atom stereocenters. The lowest BCUT2D eigenvalue weighted by Gasteiger charge is -2.19. The molecule has 0 aromatic heterocycles. The summed E-state index contributed by atoms with van der Waals surface area (Å²) in [6.45, 7) is 0. The van der Waals surface area contributed by atoms with Crippen molar-refractivity contribution in [2.24, 2.45) is 0 Å². The molecule has 1 aliphatic carbocycles. The quantitative estimate of drug-likeness (QED) is 0.475. The number of rotatable bonds is 5. The van der Waals surface area contributed by atoms with E-state index in [-0.39, 0.29) is 28.4 Å². The summed E-state index contributed by atoms with van der Waals surface area (Å²) in [5, 5.41) is 10.7. The minimum atomic E-state index is -3.78. The van der Waals surface area contributed by atoms with Gasteiger partial charge in [-0.05, 0) is 31.4 Å². The average Bonchev–Trinajstić information content (AvgIpc) is 2.84. The molecule has 0 saturated heterocycles. The van der Waals surface area contributed by atoms with Crippen LogP contribution in [0.3, 0.4) is 0 Å². The molecule has 9 heteroatoms. The van der Waals surface area contributed by atoms with Crippen molar-refractivity contribution in [3.63, 3.8) is 0 Å². The second-order valence-electron chi connectivity index (χ2n) is 4.91. The Labute approximate surface area is 122 Å². The highest BCUT2D eigenvalue weighted by Gasteiger charge is 2.31. The number of nitro groups is 1. The molecule has 0 radical (unpaired) electrons. The summed E-state index contributed by atoms with van der Waals surface area (Å²) < 4.78 is 32.4. The number of nitrogens with zero attached hydrogens (tertiary/aromatic N) is 1. The van der Waals surface area contributed by atoms with E-state index in [2.05, 4.69) is 4.72 Å². The Hall–Kier alpha value is -1.71. The van der Waals surface area contributed by atoms with Crippen molar-refractivity contribution < 1.29 is 18.1 Å². The van der Waals surface area contributed by atoms with Gasteiger partial charge in [-0.2, -0.15) is 0 Å². The van der Waals surface area contributed by atoms with E-state index in [4.69, 9.17) is 10.5 Å². The molecule has 1 aromatic carbocycles. The highest BCUT2D eigenvalue weighted by Crippen LogP contribution is 2.27. The lowest BCUT2D eigenvalue weighted by Crippen LogP contribution is -2.40. The molecule has 0 bridgehead atoms. The van der Waals surface area contributed by atoms with Gasteiger partial charge in [0.15, 0.2) is 0 Å². The molecule has 1 saturated carbocycles. The number of nitrogens with one attached hydrogen (secondary N) is 1. The molecule has 2 atom stereocenters. The zero-order valence-electron chi connectivity index (χ0n) is 11.5. The van der Waals surface area contributed by atoms with Gasteiger partial charge in [0.05, 0.1) is 15.9 Å². The van der Waals surface area contributed by atoms with Crippen molar-refractivity contribution in [2.45, 2.75) is 36.3 Å². The number of methoxy groups -OCH3 is 1. The van der Waals surface area contributed by atoms with Crippen LogP contribution in [0.4, 0.5) is 11.4 Å². The molecule has 21 heavy (non-hydrogen) atoms.